The molecule has 2 aromatic carbocycles. The number of para-hydroxylation sites is 2. The van der Waals surface area contributed by atoms with E-state index in [0.717, 1.165) is 23.4 Å². The highest BCUT2D eigenvalue weighted by atomic mass is 16.5. The molecule has 3 amide bonds. The summed E-state index contributed by atoms with van der Waals surface area (Å²) < 4.78 is 11.2. The minimum Gasteiger partial charge on any atom is -0.493 e. The van der Waals surface area contributed by atoms with Crippen LogP contribution in [0.15, 0.2) is 48.5 Å². The first-order chi connectivity index (χ1) is 14.6. The number of carbonyl (C=O) groups is 2. The second kappa shape index (κ2) is 8.65. The summed E-state index contributed by atoms with van der Waals surface area (Å²) in [6.45, 7) is 1.03. The van der Waals surface area contributed by atoms with Gasteiger partial charge in [0.25, 0.3) is 0 Å². The standard InChI is InChI=1S/C23H27N3O4/c1-25(19-11-7-13-26(22(19)27)18-9-4-3-5-10-18)23(28)24-17-14-16-8-6-12-20(29-2)21(16)30-15-17/h3-6,8-10,12,17,19H,7,11,13-15H2,1-2H3,(H,24,28)/t17-,19+/m1/s1. The fourth-order valence-corrected chi connectivity index (χ4v) is 4.15. The van der Waals surface area contributed by atoms with Crippen molar-refractivity contribution >= 4 is 17.6 Å². The van der Waals surface area contributed by atoms with Crippen molar-refractivity contribution in [3.05, 3.63) is 54.1 Å². The van der Waals surface area contributed by atoms with Gasteiger partial charge in [0.1, 0.15) is 12.6 Å². The van der Waals surface area contributed by atoms with Crippen LogP contribution in [0, 0.1) is 0 Å². The zero-order chi connectivity index (χ0) is 21.1. The zero-order valence-electron chi connectivity index (χ0n) is 17.3. The maximum Gasteiger partial charge on any atom is 0.318 e. The van der Waals surface area contributed by atoms with E-state index in [2.05, 4.69) is 5.32 Å². The van der Waals surface area contributed by atoms with Crippen LogP contribution in [0.5, 0.6) is 11.5 Å². The molecule has 4 rings (SSSR count). The average Bonchev–Trinajstić information content (AvgIpc) is 2.78. The normalized spacial score (nSPS) is 20.7. The van der Waals surface area contributed by atoms with Gasteiger partial charge in [-0.15, -0.1) is 0 Å². The van der Waals surface area contributed by atoms with Gasteiger partial charge in [0, 0.05) is 24.8 Å². The lowest BCUT2D eigenvalue weighted by molar-refractivity contribution is -0.123. The van der Waals surface area contributed by atoms with Crippen molar-refractivity contribution in [2.45, 2.75) is 31.3 Å². The zero-order valence-corrected chi connectivity index (χ0v) is 17.3. The number of likely N-dealkylation sites (N-methyl/N-ethyl adjacent to an activating group) is 1. The number of rotatable bonds is 4. The molecule has 2 aliphatic heterocycles. The molecule has 0 radical (unpaired) electrons. The topological polar surface area (TPSA) is 71.1 Å². The average molecular weight is 409 g/mol. The Balaban J connectivity index is 1.40. The fourth-order valence-electron chi connectivity index (χ4n) is 4.15. The van der Waals surface area contributed by atoms with Crippen LogP contribution >= 0.6 is 0 Å². The third kappa shape index (κ3) is 3.92. The monoisotopic (exact) mass is 409 g/mol. The van der Waals surface area contributed by atoms with Crippen LogP contribution in [0.2, 0.25) is 0 Å². The predicted octanol–water partition coefficient (Wildman–Crippen LogP) is 2.84. The second-order valence-electron chi connectivity index (χ2n) is 7.70. The number of piperidine rings is 1. The molecule has 7 nitrogen and oxygen atoms in total. The van der Waals surface area contributed by atoms with Crippen LogP contribution in [0.1, 0.15) is 18.4 Å². The number of benzene rings is 2. The van der Waals surface area contributed by atoms with E-state index in [1.54, 1.807) is 19.1 Å². The maximum absolute atomic E-state index is 13.1. The number of hydrogen-bond acceptors (Lipinski definition) is 4. The molecular formula is C23H27N3O4. The van der Waals surface area contributed by atoms with E-state index in [-0.39, 0.29) is 18.0 Å². The van der Waals surface area contributed by atoms with Gasteiger partial charge in [-0.25, -0.2) is 4.79 Å². The SMILES string of the molecule is COc1cccc2c1OC[C@H](NC(=O)N(C)[C@H]1CCCN(c3ccccc3)C1=O)C2. The van der Waals surface area contributed by atoms with Crippen molar-refractivity contribution in [1.82, 2.24) is 10.2 Å². The summed E-state index contributed by atoms with van der Waals surface area (Å²) in [6, 6.07) is 14.4. The van der Waals surface area contributed by atoms with E-state index >= 15 is 0 Å². The van der Waals surface area contributed by atoms with E-state index < -0.39 is 6.04 Å². The lowest BCUT2D eigenvalue weighted by Crippen LogP contribution is -2.57. The third-order valence-electron chi connectivity index (χ3n) is 5.77. The van der Waals surface area contributed by atoms with Crippen LogP contribution in [0.25, 0.3) is 0 Å². The second-order valence-corrected chi connectivity index (χ2v) is 7.70. The van der Waals surface area contributed by atoms with Crippen LogP contribution in [0.4, 0.5) is 10.5 Å². The molecule has 1 fully saturated rings. The van der Waals surface area contributed by atoms with Crippen molar-refractivity contribution in [3.63, 3.8) is 0 Å². The molecule has 2 aliphatic rings. The summed E-state index contributed by atoms with van der Waals surface area (Å²) in [4.78, 5) is 29.3. The van der Waals surface area contributed by atoms with Crippen molar-refractivity contribution in [1.29, 1.82) is 0 Å². The van der Waals surface area contributed by atoms with E-state index in [4.69, 9.17) is 9.47 Å². The molecule has 158 valence electrons. The Hall–Kier alpha value is -3.22. The Morgan fingerprint density at radius 3 is 2.77 bits per heavy atom. The number of ether oxygens (including phenoxy) is 2. The Labute approximate surface area is 176 Å². The Kier molecular flexibility index (Phi) is 5.79. The number of anilines is 1. The van der Waals surface area contributed by atoms with E-state index in [1.807, 2.05) is 48.5 Å². The largest absolute Gasteiger partial charge is 0.493 e. The number of fused-ring (bicyclic) bond motifs is 1. The van der Waals surface area contributed by atoms with Crippen LogP contribution in [-0.4, -0.2) is 56.2 Å². The summed E-state index contributed by atoms with van der Waals surface area (Å²) in [5.41, 5.74) is 1.87. The van der Waals surface area contributed by atoms with E-state index in [0.29, 0.717) is 31.7 Å². The highest BCUT2D eigenvalue weighted by Gasteiger charge is 2.35. The fraction of sp³-hybridized carbons (Fsp3) is 0.391. The maximum atomic E-state index is 13.1. The molecule has 1 N–H and O–H groups in total. The summed E-state index contributed by atoms with van der Waals surface area (Å²) >= 11 is 0. The molecule has 0 spiro atoms. The first-order valence-corrected chi connectivity index (χ1v) is 10.3. The molecule has 0 aromatic heterocycles. The smallest absolute Gasteiger partial charge is 0.318 e. The van der Waals surface area contributed by atoms with Gasteiger partial charge < -0.3 is 24.6 Å². The number of methoxy groups -OCH3 is 1. The first-order valence-electron chi connectivity index (χ1n) is 10.3. The predicted molar refractivity (Wildman–Crippen MR) is 114 cm³/mol. The van der Waals surface area contributed by atoms with Gasteiger partial charge in [-0.3, -0.25) is 4.79 Å². The first kappa shape index (κ1) is 20.1. The highest BCUT2D eigenvalue weighted by Crippen LogP contribution is 2.34. The molecule has 0 bridgehead atoms. The van der Waals surface area contributed by atoms with Gasteiger partial charge in [-0.1, -0.05) is 30.3 Å². The lowest BCUT2D eigenvalue weighted by Gasteiger charge is -2.37. The Morgan fingerprint density at radius 1 is 1.20 bits per heavy atom. The number of nitrogens with zero attached hydrogens (tertiary/aromatic N) is 2. The Bertz CT molecular complexity index is 918. The number of carbonyl (C=O) groups excluding carboxylic acids is 2. The minimum absolute atomic E-state index is 0.0416. The van der Waals surface area contributed by atoms with Gasteiger partial charge in [0.15, 0.2) is 11.5 Å². The lowest BCUT2D eigenvalue weighted by atomic mass is 10.0. The van der Waals surface area contributed by atoms with Gasteiger partial charge in [0.05, 0.1) is 13.2 Å². The summed E-state index contributed by atoms with van der Waals surface area (Å²) in [5.74, 6) is 1.39. The number of amides is 3. The molecule has 2 aromatic rings. The highest BCUT2D eigenvalue weighted by molar-refractivity contribution is 5.99. The third-order valence-corrected chi connectivity index (χ3v) is 5.77. The summed E-state index contributed by atoms with van der Waals surface area (Å²) in [6.07, 6.45) is 2.16. The van der Waals surface area contributed by atoms with E-state index in [9.17, 15) is 9.59 Å². The number of hydrogen-bond donors (Lipinski definition) is 1. The molecule has 30 heavy (non-hydrogen) atoms. The summed E-state index contributed by atoms with van der Waals surface area (Å²) in [7, 11) is 3.30. The quantitative estimate of drug-likeness (QED) is 0.843. The van der Waals surface area contributed by atoms with E-state index in [1.165, 1.54) is 4.90 Å². The molecule has 2 heterocycles. The Morgan fingerprint density at radius 2 is 2.00 bits per heavy atom. The van der Waals surface area contributed by atoms with Crippen molar-refractivity contribution in [2.75, 3.05) is 32.2 Å². The van der Waals surface area contributed by atoms with Crippen LogP contribution in [-0.2, 0) is 11.2 Å². The molecule has 0 aliphatic carbocycles. The summed E-state index contributed by atoms with van der Waals surface area (Å²) in [5, 5.41) is 3.02. The molecular weight excluding hydrogens is 382 g/mol. The van der Waals surface area contributed by atoms with Gasteiger partial charge in [-0.05, 0) is 37.5 Å². The van der Waals surface area contributed by atoms with Crippen LogP contribution < -0.4 is 19.7 Å². The minimum atomic E-state index is -0.476. The molecule has 2 atom stereocenters. The van der Waals surface area contributed by atoms with Crippen LogP contribution in [0.3, 0.4) is 0 Å². The van der Waals surface area contributed by atoms with Gasteiger partial charge in [-0.2, -0.15) is 0 Å². The van der Waals surface area contributed by atoms with Crippen molar-refractivity contribution in [3.8, 4) is 11.5 Å². The number of nitrogens with one attached hydrogen (secondary N) is 1. The molecule has 0 unspecified atom stereocenters. The van der Waals surface area contributed by atoms with Gasteiger partial charge >= 0.3 is 6.03 Å². The molecule has 1 saturated heterocycles. The molecule has 7 heteroatoms. The van der Waals surface area contributed by atoms with Crippen molar-refractivity contribution in [2.24, 2.45) is 0 Å². The van der Waals surface area contributed by atoms with Gasteiger partial charge in [0.2, 0.25) is 5.91 Å². The number of urea groups is 1. The van der Waals surface area contributed by atoms with Crippen molar-refractivity contribution < 1.29 is 19.1 Å². The molecule has 0 saturated carbocycles.